The average Bonchev–Trinajstić information content (AvgIpc) is 3.04. The van der Waals surface area contributed by atoms with E-state index in [1.807, 2.05) is 0 Å². The number of aliphatic hydroxyl groups excluding tert-OH is 1. The molecular formula is C14H26O. The Morgan fingerprint density at radius 1 is 1.13 bits per heavy atom. The zero-order chi connectivity index (χ0) is 11.0. The first kappa shape index (κ1) is 11.4. The van der Waals surface area contributed by atoms with Crippen molar-refractivity contribution in [3.8, 4) is 0 Å². The highest BCUT2D eigenvalue weighted by molar-refractivity contribution is 4.94. The van der Waals surface area contributed by atoms with Gasteiger partial charge in [0, 0.05) is 0 Å². The molecule has 88 valence electrons. The molecule has 1 nitrogen and oxygen atoms in total. The fraction of sp³-hybridized carbons (Fsp3) is 1.00. The Morgan fingerprint density at radius 3 is 2.33 bits per heavy atom. The van der Waals surface area contributed by atoms with Gasteiger partial charge in [0.1, 0.15) is 0 Å². The van der Waals surface area contributed by atoms with E-state index in [-0.39, 0.29) is 6.10 Å². The molecule has 1 heteroatoms. The molecule has 0 bridgehead atoms. The second kappa shape index (κ2) is 4.45. The minimum absolute atomic E-state index is 0.0197. The van der Waals surface area contributed by atoms with E-state index in [0.29, 0.717) is 5.92 Å². The van der Waals surface area contributed by atoms with Gasteiger partial charge in [-0.15, -0.1) is 0 Å². The third kappa shape index (κ3) is 2.75. The van der Waals surface area contributed by atoms with Crippen LogP contribution >= 0.6 is 0 Å². The van der Waals surface area contributed by atoms with Gasteiger partial charge in [-0.25, -0.2) is 0 Å². The van der Waals surface area contributed by atoms with Crippen molar-refractivity contribution < 1.29 is 5.11 Å². The summed E-state index contributed by atoms with van der Waals surface area (Å²) in [5.74, 6) is 4.28. The first-order chi connectivity index (χ1) is 7.13. The molecule has 2 aliphatic rings. The van der Waals surface area contributed by atoms with E-state index in [0.717, 1.165) is 30.1 Å². The quantitative estimate of drug-likeness (QED) is 0.712. The number of hydrogen-bond acceptors (Lipinski definition) is 1. The van der Waals surface area contributed by atoms with Gasteiger partial charge in [0.15, 0.2) is 0 Å². The highest BCUT2D eigenvalue weighted by Gasteiger charge is 2.45. The van der Waals surface area contributed by atoms with E-state index in [9.17, 15) is 5.11 Å². The van der Waals surface area contributed by atoms with Crippen molar-refractivity contribution in [1.82, 2.24) is 0 Å². The van der Waals surface area contributed by atoms with Gasteiger partial charge in [-0.2, -0.15) is 0 Å². The fourth-order valence-electron chi connectivity index (χ4n) is 3.25. The molecule has 2 rings (SSSR count). The average molecular weight is 210 g/mol. The lowest BCUT2D eigenvalue weighted by Gasteiger charge is -2.17. The van der Waals surface area contributed by atoms with Crippen LogP contribution in [0.25, 0.3) is 0 Å². The van der Waals surface area contributed by atoms with Crippen LogP contribution in [0.2, 0.25) is 0 Å². The second-order valence-corrected chi connectivity index (χ2v) is 6.07. The largest absolute Gasteiger partial charge is 0.393 e. The van der Waals surface area contributed by atoms with Gasteiger partial charge in [0.2, 0.25) is 0 Å². The van der Waals surface area contributed by atoms with Gasteiger partial charge in [0.05, 0.1) is 6.10 Å². The molecule has 0 spiro atoms. The summed E-state index contributed by atoms with van der Waals surface area (Å²) in [6, 6.07) is 0. The predicted octanol–water partition coefficient (Wildman–Crippen LogP) is 3.47. The van der Waals surface area contributed by atoms with Crippen LogP contribution in [0.15, 0.2) is 0 Å². The van der Waals surface area contributed by atoms with E-state index < -0.39 is 0 Å². The second-order valence-electron chi connectivity index (χ2n) is 6.07. The highest BCUT2D eigenvalue weighted by Crippen LogP contribution is 2.50. The molecule has 5 unspecified atom stereocenters. The molecule has 2 saturated carbocycles. The van der Waals surface area contributed by atoms with E-state index in [1.165, 1.54) is 25.7 Å². The van der Waals surface area contributed by atoms with Crippen molar-refractivity contribution in [2.45, 2.75) is 59.0 Å². The highest BCUT2D eigenvalue weighted by atomic mass is 16.3. The van der Waals surface area contributed by atoms with Gasteiger partial charge in [-0.1, -0.05) is 20.8 Å². The van der Waals surface area contributed by atoms with Crippen molar-refractivity contribution in [3.63, 3.8) is 0 Å². The van der Waals surface area contributed by atoms with Crippen LogP contribution in [0.5, 0.6) is 0 Å². The lowest BCUT2D eigenvalue weighted by Crippen LogP contribution is -2.13. The SMILES string of the molecule is CCC(O)C1CC1C(C)CC(C)C1CC1. The summed E-state index contributed by atoms with van der Waals surface area (Å²) >= 11 is 0. The zero-order valence-electron chi connectivity index (χ0n) is 10.4. The molecule has 0 aromatic heterocycles. The number of aliphatic hydroxyl groups is 1. The minimum Gasteiger partial charge on any atom is -0.393 e. The molecule has 0 radical (unpaired) electrons. The summed E-state index contributed by atoms with van der Waals surface area (Å²) in [6.07, 6.45) is 6.54. The maximum atomic E-state index is 9.77. The molecule has 0 aromatic rings. The van der Waals surface area contributed by atoms with Crippen molar-refractivity contribution in [2.24, 2.45) is 29.6 Å². The van der Waals surface area contributed by atoms with Crippen LogP contribution in [-0.4, -0.2) is 11.2 Å². The Bertz CT molecular complexity index is 209. The van der Waals surface area contributed by atoms with E-state index >= 15 is 0 Å². The van der Waals surface area contributed by atoms with Crippen LogP contribution in [0.3, 0.4) is 0 Å². The smallest absolute Gasteiger partial charge is 0.0568 e. The third-order valence-electron chi connectivity index (χ3n) is 4.70. The third-order valence-corrected chi connectivity index (χ3v) is 4.70. The molecule has 0 aliphatic heterocycles. The molecule has 0 amide bonds. The zero-order valence-corrected chi connectivity index (χ0v) is 10.4. The van der Waals surface area contributed by atoms with Crippen LogP contribution < -0.4 is 0 Å². The van der Waals surface area contributed by atoms with Gasteiger partial charge in [-0.3, -0.25) is 0 Å². The van der Waals surface area contributed by atoms with Crippen molar-refractivity contribution in [3.05, 3.63) is 0 Å². The molecule has 0 saturated heterocycles. The Morgan fingerprint density at radius 2 is 1.80 bits per heavy atom. The van der Waals surface area contributed by atoms with Crippen LogP contribution in [0.1, 0.15) is 52.9 Å². The van der Waals surface area contributed by atoms with Gasteiger partial charge >= 0.3 is 0 Å². The Hall–Kier alpha value is -0.0400. The summed E-state index contributed by atoms with van der Waals surface area (Å²) < 4.78 is 0. The fourth-order valence-corrected chi connectivity index (χ4v) is 3.25. The lowest BCUT2D eigenvalue weighted by molar-refractivity contribution is 0.134. The minimum atomic E-state index is -0.0197. The summed E-state index contributed by atoms with van der Waals surface area (Å²) in [5, 5.41) is 9.77. The Kier molecular flexibility index (Phi) is 3.39. The lowest BCUT2D eigenvalue weighted by atomic mass is 9.89. The normalized spacial score (nSPS) is 36.0. The van der Waals surface area contributed by atoms with Crippen LogP contribution in [0.4, 0.5) is 0 Å². The standard InChI is InChI=1S/C14H26O/c1-4-14(15)13-8-12(13)10(3)7-9(2)11-5-6-11/h9-15H,4-8H2,1-3H3. The topological polar surface area (TPSA) is 20.2 Å². The van der Waals surface area contributed by atoms with Gasteiger partial charge in [-0.05, 0) is 61.7 Å². The first-order valence-electron chi connectivity index (χ1n) is 6.81. The molecule has 2 fully saturated rings. The predicted molar refractivity (Wildman–Crippen MR) is 63.6 cm³/mol. The number of hydrogen-bond donors (Lipinski definition) is 1. The van der Waals surface area contributed by atoms with Crippen LogP contribution in [-0.2, 0) is 0 Å². The molecule has 2 aliphatic carbocycles. The summed E-state index contributed by atoms with van der Waals surface area (Å²) in [4.78, 5) is 0. The molecule has 0 aromatic carbocycles. The summed E-state index contributed by atoms with van der Waals surface area (Å²) in [5.41, 5.74) is 0. The monoisotopic (exact) mass is 210 g/mol. The summed E-state index contributed by atoms with van der Waals surface area (Å²) in [6.45, 7) is 6.91. The van der Waals surface area contributed by atoms with Crippen molar-refractivity contribution >= 4 is 0 Å². The molecular weight excluding hydrogens is 184 g/mol. The molecule has 1 N–H and O–H groups in total. The van der Waals surface area contributed by atoms with Crippen molar-refractivity contribution in [1.29, 1.82) is 0 Å². The van der Waals surface area contributed by atoms with Crippen molar-refractivity contribution in [2.75, 3.05) is 0 Å². The molecule has 15 heavy (non-hydrogen) atoms. The van der Waals surface area contributed by atoms with E-state index in [4.69, 9.17) is 0 Å². The Labute approximate surface area is 94.3 Å². The maximum absolute atomic E-state index is 9.77. The van der Waals surface area contributed by atoms with E-state index in [2.05, 4.69) is 20.8 Å². The summed E-state index contributed by atoms with van der Waals surface area (Å²) in [7, 11) is 0. The molecule has 5 atom stereocenters. The molecule has 0 heterocycles. The maximum Gasteiger partial charge on any atom is 0.0568 e. The van der Waals surface area contributed by atoms with Gasteiger partial charge in [0.25, 0.3) is 0 Å². The Balaban J connectivity index is 1.70. The van der Waals surface area contributed by atoms with Gasteiger partial charge < -0.3 is 5.11 Å². The first-order valence-corrected chi connectivity index (χ1v) is 6.81. The van der Waals surface area contributed by atoms with E-state index in [1.54, 1.807) is 0 Å². The number of rotatable bonds is 6. The van der Waals surface area contributed by atoms with Crippen LogP contribution in [0, 0.1) is 29.6 Å².